The summed E-state index contributed by atoms with van der Waals surface area (Å²) in [6.45, 7) is 2.38. The second kappa shape index (κ2) is 8.49. The average Bonchev–Trinajstić information content (AvgIpc) is 2.60. The van der Waals surface area contributed by atoms with Gasteiger partial charge in [0.15, 0.2) is 0 Å². The Morgan fingerprint density at radius 3 is 2.54 bits per heavy atom. The molecule has 0 N–H and O–H groups in total. The van der Waals surface area contributed by atoms with Crippen LogP contribution in [0, 0.1) is 0 Å². The molecule has 5 nitrogen and oxygen atoms in total. The fourth-order valence-corrected chi connectivity index (χ4v) is 3.45. The first-order valence-corrected chi connectivity index (χ1v) is 8.58. The lowest BCUT2D eigenvalue weighted by molar-refractivity contribution is -0.133. The first kappa shape index (κ1) is 18.7. The van der Waals surface area contributed by atoms with E-state index in [1.165, 1.54) is 0 Å². The molecule has 1 saturated heterocycles. The van der Waals surface area contributed by atoms with Crippen LogP contribution in [0.4, 0.5) is 0 Å². The van der Waals surface area contributed by atoms with Gasteiger partial charge in [-0.1, -0.05) is 12.1 Å². The Labute approximate surface area is 145 Å². The van der Waals surface area contributed by atoms with Crippen molar-refractivity contribution in [2.24, 2.45) is 0 Å². The Bertz CT molecular complexity index is 537. The molecule has 134 valence electrons. The number of nitrogens with zero attached hydrogens (tertiary/aromatic N) is 2. The number of carbonyl (C=O) groups excluding carboxylic acids is 1. The normalized spacial score (nSPS) is 17.1. The van der Waals surface area contributed by atoms with E-state index >= 15 is 0 Å². The number of methoxy groups -OCH3 is 2. The third-order valence-corrected chi connectivity index (χ3v) is 5.26. The van der Waals surface area contributed by atoms with Crippen LogP contribution in [-0.4, -0.2) is 69.3 Å². The van der Waals surface area contributed by atoms with Crippen LogP contribution in [0.25, 0.3) is 0 Å². The predicted octanol–water partition coefficient (Wildman–Crippen LogP) is 2.20. The van der Waals surface area contributed by atoms with Gasteiger partial charge in [0.05, 0.1) is 13.5 Å². The summed E-state index contributed by atoms with van der Waals surface area (Å²) < 4.78 is 10.5. The highest BCUT2D eigenvalue weighted by Crippen LogP contribution is 2.31. The minimum absolute atomic E-state index is 0.142. The van der Waals surface area contributed by atoms with Gasteiger partial charge < -0.3 is 19.3 Å². The van der Waals surface area contributed by atoms with E-state index < -0.39 is 0 Å². The lowest BCUT2D eigenvalue weighted by Gasteiger charge is -2.46. The summed E-state index contributed by atoms with van der Waals surface area (Å²) in [6.07, 6.45) is 3.43. The maximum atomic E-state index is 12.6. The van der Waals surface area contributed by atoms with Gasteiger partial charge in [-0.2, -0.15) is 0 Å². The van der Waals surface area contributed by atoms with Crippen LogP contribution < -0.4 is 4.74 Å². The van der Waals surface area contributed by atoms with Crippen LogP contribution in [0.2, 0.25) is 0 Å². The molecule has 0 saturated carbocycles. The van der Waals surface area contributed by atoms with Gasteiger partial charge in [-0.05, 0) is 51.1 Å². The van der Waals surface area contributed by atoms with E-state index in [0.29, 0.717) is 6.42 Å². The molecule has 0 bridgehead atoms. The quantitative estimate of drug-likeness (QED) is 0.767. The van der Waals surface area contributed by atoms with Crippen molar-refractivity contribution in [1.82, 2.24) is 9.80 Å². The molecule has 2 rings (SSSR count). The molecule has 0 spiro atoms. The summed E-state index contributed by atoms with van der Waals surface area (Å²) in [5.74, 6) is 0.993. The van der Waals surface area contributed by atoms with Crippen molar-refractivity contribution < 1.29 is 14.3 Å². The number of carbonyl (C=O) groups is 1. The summed E-state index contributed by atoms with van der Waals surface area (Å²) in [4.78, 5) is 16.9. The van der Waals surface area contributed by atoms with Gasteiger partial charge in [-0.15, -0.1) is 0 Å². The highest BCUT2D eigenvalue weighted by atomic mass is 16.5. The second-order valence-corrected chi connectivity index (χ2v) is 6.77. The van der Waals surface area contributed by atoms with Crippen molar-refractivity contribution in [2.45, 2.75) is 31.2 Å². The van der Waals surface area contributed by atoms with Crippen molar-refractivity contribution in [3.8, 4) is 5.75 Å². The predicted molar refractivity (Wildman–Crippen MR) is 95.4 cm³/mol. The first-order chi connectivity index (χ1) is 11.5. The Hall–Kier alpha value is -1.59. The molecule has 0 unspecified atom stereocenters. The maximum Gasteiger partial charge on any atom is 0.226 e. The Balaban J connectivity index is 1.94. The van der Waals surface area contributed by atoms with Gasteiger partial charge in [0.25, 0.3) is 0 Å². The number of rotatable bonds is 7. The minimum atomic E-state index is 0.142. The zero-order valence-electron chi connectivity index (χ0n) is 15.4. The molecule has 0 aliphatic carbocycles. The zero-order valence-corrected chi connectivity index (χ0v) is 15.4. The lowest BCUT2D eigenvalue weighted by Crippen LogP contribution is -2.54. The number of piperidine rings is 1. The highest BCUT2D eigenvalue weighted by Gasteiger charge is 2.37. The largest absolute Gasteiger partial charge is 0.497 e. The van der Waals surface area contributed by atoms with Crippen molar-refractivity contribution in [3.63, 3.8) is 0 Å². The molecule has 1 amide bonds. The Morgan fingerprint density at radius 1 is 1.25 bits per heavy atom. The second-order valence-electron chi connectivity index (χ2n) is 6.77. The van der Waals surface area contributed by atoms with Crippen molar-refractivity contribution >= 4 is 5.91 Å². The van der Waals surface area contributed by atoms with Crippen LogP contribution in [0.5, 0.6) is 5.75 Å². The summed E-state index contributed by atoms with van der Waals surface area (Å²) in [5.41, 5.74) is 1.14. The monoisotopic (exact) mass is 334 g/mol. The molecule has 0 aromatic heterocycles. The van der Waals surface area contributed by atoms with Crippen molar-refractivity contribution in [3.05, 3.63) is 29.8 Å². The van der Waals surface area contributed by atoms with Crippen molar-refractivity contribution in [2.75, 3.05) is 48.0 Å². The van der Waals surface area contributed by atoms with Crippen molar-refractivity contribution in [1.29, 1.82) is 0 Å². The van der Waals surface area contributed by atoms with E-state index in [-0.39, 0.29) is 11.4 Å². The highest BCUT2D eigenvalue weighted by molar-refractivity contribution is 5.79. The van der Waals surface area contributed by atoms with Crippen LogP contribution in [0.3, 0.4) is 0 Å². The molecule has 0 atom stereocenters. The van der Waals surface area contributed by atoms with E-state index in [9.17, 15) is 4.79 Å². The molecule has 1 aromatic rings. The summed E-state index contributed by atoms with van der Waals surface area (Å²) >= 11 is 0. The molecule has 1 aromatic carbocycles. The van der Waals surface area contributed by atoms with Crippen LogP contribution >= 0.6 is 0 Å². The number of hydrogen-bond acceptors (Lipinski definition) is 4. The van der Waals surface area contributed by atoms with E-state index in [4.69, 9.17) is 9.47 Å². The van der Waals surface area contributed by atoms with Gasteiger partial charge in [0, 0.05) is 32.3 Å². The molecular formula is C19H30N2O3. The Kier molecular flexibility index (Phi) is 6.63. The van der Waals surface area contributed by atoms with Gasteiger partial charge in [-0.25, -0.2) is 0 Å². The average molecular weight is 334 g/mol. The number of hydrogen-bond donors (Lipinski definition) is 0. The fourth-order valence-electron chi connectivity index (χ4n) is 3.45. The lowest BCUT2D eigenvalue weighted by atomic mass is 9.83. The molecule has 24 heavy (non-hydrogen) atoms. The van der Waals surface area contributed by atoms with E-state index in [1.54, 1.807) is 14.2 Å². The summed E-state index contributed by atoms with van der Waals surface area (Å²) in [6, 6.07) is 7.74. The Morgan fingerprint density at radius 2 is 1.96 bits per heavy atom. The van der Waals surface area contributed by atoms with E-state index in [0.717, 1.165) is 50.3 Å². The molecule has 1 heterocycles. The number of amides is 1. The van der Waals surface area contributed by atoms with Gasteiger partial charge in [0.2, 0.25) is 5.91 Å². The van der Waals surface area contributed by atoms with Crippen LogP contribution in [0.1, 0.15) is 24.8 Å². The van der Waals surface area contributed by atoms with Gasteiger partial charge in [0.1, 0.15) is 5.75 Å². The molecule has 5 heteroatoms. The minimum Gasteiger partial charge on any atom is -0.497 e. The summed E-state index contributed by atoms with van der Waals surface area (Å²) in [7, 11) is 7.65. The number of ether oxygens (including phenoxy) is 2. The topological polar surface area (TPSA) is 42.0 Å². The smallest absolute Gasteiger partial charge is 0.226 e. The molecule has 1 aliphatic heterocycles. The van der Waals surface area contributed by atoms with Gasteiger partial charge >= 0.3 is 0 Å². The SMILES string of the molecule is COCCC1(N(C)C)CCN(C(=O)Cc2cccc(OC)c2)CC1. The fraction of sp³-hybridized carbons (Fsp3) is 0.632. The molecule has 0 radical (unpaired) electrons. The number of likely N-dealkylation sites (tertiary alicyclic amines) is 1. The van der Waals surface area contributed by atoms with Gasteiger partial charge in [-0.3, -0.25) is 4.79 Å². The molecule has 1 aliphatic rings. The summed E-state index contributed by atoms with van der Waals surface area (Å²) in [5, 5.41) is 0. The van der Waals surface area contributed by atoms with Crippen LogP contribution in [-0.2, 0) is 16.0 Å². The third-order valence-electron chi connectivity index (χ3n) is 5.26. The number of benzene rings is 1. The third kappa shape index (κ3) is 4.48. The molecular weight excluding hydrogens is 304 g/mol. The van der Waals surface area contributed by atoms with E-state index in [2.05, 4.69) is 19.0 Å². The zero-order chi connectivity index (χ0) is 17.6. The first-order valence-electron chi connectivity index (χ1n) is 8.58. The van der Waals surface area contributed by atoms with Crippen LogP contribution in [0.15, 0.2) is 24.3 Å². The van der Waals surface area contributed by atoms with E-state index in [1.807, 2.05) is 29.2 Å². The standard InChI is InChI=1S/C19H30N2O3/c1-20(2)19(10-13-23-3)8-11-21(12-9-19)18(22)15-16-6-5-7-17(14-16)24-4/h5-7,14H,8-13,15H2,1-4H3. The molecule has 1 fully saturated rings. The maximum absolute atomic E-state index is 12.6.